The highest BCUT2D eigenvalue weighted by Gasteiger charge is 2.04. The number of aryl methyl sites for hydroxylation is 1. The molecule has 1 aromatic rings. The van der Waals surface area contributed by atoms with Crippen molar-refractivity contribution < 1.29 is 0 Å². The molecule has 0 spiro atoms. The molecule has 1 rings (SSSR count). The van der Waals surface area contributed by atoms with E-state index in [0.29, 0.717) is 5.17 Å². The van der Waals surface area contributed by atoms with Gasteiger partial charge in [-0.3, -0.25) is 4.99 Å². The van der Waals surface area contributed by atoms with E-state index in [1.165, 1.54) is 23.0 Å². The molecule has 20 heavy (non-hydrogen) atoms. The number of halogens is 1. The van der Waals surface area contributed by atoms with Gasteiger partial charge in [0.1, 0.15) is 0 Å². The van der Waals surface area contributed by atoms with E-state index in [0.717, 1.165) is 10.2 Å². The molecule has 0 aliphatic rings. The number of rotatable bonds is 4. The molecule has 0 amide bonds. The second-order valence-electron chi connectivity index (χ2n) is 4.08. The van der Waals surface area contributed by atoms with Crippen LogP contribution in [0.15, 0.2) is 44.9 Å². The van der Waals surface area contributed by atoms with Gasteiger partial charge in [-0.15, -0.1) is 10.2 Å². The number of amidine groups is 1. The van der Waals surface area contributed by atoms with Gasteiger partial charge in [0.05, 0.1) is 10.2 Å². The van der Waals surface area contributed by atoms with Crippen molar-refractivity contribution in [1.82, 2.24) is 0 Å². The molecule has 4 nitrogen and oxygen atoms in total. The minimum Gasteiger partial charge on any atom is -0.365 e. The van der Waals surface area contributed by atoms with Crippen LogP contribution in [0.1, 0.15) is 12.5 Å². The van der Waals surface area contributed by atoms with E-state index >= 15 is 0 Å². The van der Waals surface area contributed by atoms with Crippen LogP contribution in [0.25, 0.3) is 0 Å². The molecule has 0 unspecified atom stereocenters. The van der Waals surface area contributed by atoms with Crippen LogP contribution >= 0.6 is 34.4 Å². The number of hydrogen-bond donors (Lipinski definition) is 0. The zero-order chi connectivity index (χ0) is 15.0. The topological polar surface area (TPSA) is 40.3 Å². The van der Waals surface area contributed by atoms with Crippen LogP contribution in [0.2, 0.25) is 0 Å². The molecule has 0 radical (unpaired) electrons. The summed E-state index contributed by atoms with van der Waals surface area (Å²) in [6.07, 6.45) is 1.95. The maximum atomic E-state index is 4.24. The fraction of sp³-hybridized carbons (Fsp3) is 0.357. The summed E-state index contributed by atoms with van der Waals surface area (Å²) in [5, 5.41) is 11.0. The van der Waals surface area contributed by atoms with Gasteiger partial charge >= 0.3 is 0 Å². The van der Waals surface area contributed by atoms with E-state index in [2.05, 4.69) is 62.7 Å². The third kappa shape index (κ3) is 5.24. The lowest BCUT2D eigenvalue weighted by molar-refractivity contribution is 1.10. The summed E-state index contributed by atoms with van der Waals surface area (Å²) in [6.45, 7) is 4.05. The molecule has 1 aromatic carbocycles. The number of anilines is 1. The zero-order valence-electron chi connectivity index (χ0n) is 12.2. The lowest BCUT2D eigenvalue weighted by atomic mass is 10.1. The third-order valence-corrected chi connectivity index (χ3v) is 4.43. The van der Waals surface area contributed by atoms with Crippen LogP contribution in [0.4, 0.5) is 11.4 Å². The van der Waals surface area contributed by atoms with E-state index < -0.39 is 0 Å². The SMILES string of the molecule is C/C=C\SC(N=Nc1ccc(N(C)CI)c(C)c1)=NC. The highest BCUT2D eigenvalue weighted by molar-refractivity contribution is 14.1. The summed E-state index contributed by atoms with van der Waals surface area (Å²) in [6, 6.07) is 6.08. The smallest absolute Gasteiger partial charge is 0.208 e. The molecule has 0 saturated carbocycles. The Balaban J connectivity index is 2.86. The van der Waals surface area contributed by atoms with E-state index in [1.807, 2.05) is 30.5 Å². The van der Waals surface area contributed by atoms with Crippen molar-refractivity contribution in [2.45, 2.75) is 13.8 Å². The van der Waals surface area contributed by atoms with Crippen LogP contribution in [-0.2, 0) is 0 Å². The predicted octanol–water partition coefficient (Wildman–Crippen LogP) is 5.16. The standard InChI is InChI=1S/C14H19IN4S/c1-5-8-20-14(16-3)18-17-12-6-7-13(11(2)9-12)19(4)10-15/h5-9H,10H2,1-4H3/b8-5-,16-14?,18-17?. The van der Waals surface area contributed by atoms with Gasteiger partial charge in [0.2, 0.25) is 5.17 Å². The van der Waals surface area contributed by atoms with Gasteiger partial charge in [0, 0.05) is 19.8 Å². The highest BCUT2D eigenvalue weighted by atomic mass is 127. The van der Waals surface area contributed by atoms with E-state index in [4.69, 9.17) is 0 Å². The first-order valence-electron chi connectivity index (χ1n) is 6.16. The van der Waals surface area contributed by atoms with Crippen LogP contribution in [0.5, 0.6) is 0 Å². The maximum Gasteiger partial charge on any atom is 0.208 e. The van der Waals surface area contributed by atoms with Crippen molar-refractivity contribution in [1.29, 1.82) is 0 Å². The minimum atomic E-state index is 0.647. The first-order chi connectivity index (χ1) is 9.62. The Bertz CT molecular complexity index is 526. The van der Waals surface area contributed by atoms with Crippen molar-refractivity contribution in [3.63, 3.8) is 0 Å². The van der Waals surface area contributed by atoms with Crippen molar-refractivity contribution in [2.24, 2.45) is 15.2 Å². The summed E-state index contributed by atoms with van der Waals surface area (Å²) in [4.78, 5) is 6.27. The van der Waals surface area contributed by atoms with Crippen LogP contribution in [0, 0.1) is 6.92 Å². The average Bonchev–Trinajstić information content (AvgIpc) is 2.47. The molecule has 0 N–H and O–H groups in total. The lowest BCUT2D eigenvalue weighted by Gasteiger charge is -2.18. The minimum absolute atomic E-state index is 0.647. The summed E-state index contributed by atoms with van der Waals surface area (Å²) in [5.74, 6) is 0. The quantitative estimate of drug-likeness (QED) is 0.174. The van der Waals surface area contributed by atoms with Crippen molar-refractivity contribution in [3.8, 4) is 0 Å². The second-order valence-corrected chi connectivity index (χ2v) is 5.64. The van der Waals surface area contributed by atoms with E-state index in [9.17, 15) is 0 Å². The van der Waals surface area contributed by atoms with Gasteiger partial charge in [-0.2, -0.15) is 0 Å². The van der Waals surface area contributed by atoms with Gasteiger partial charge in [-0.05, 0) is 43.0 Å². The first-order valence-corrected chi connectivity index (χ1v) is 8.57. The average molecular weight is 402 g/mol. The number of thioether (sulfide) groups is 1. The summed E-state index contributed by atoms with van der Waals surface area (Å²) < 4.78 is 0.950. The van der Waals surface area contributed by atoms with Crippen molar-refractivity contribution in [2.75, 3.05) is 23.5 Å². The third-order valence-electron chi connectivity index (χ3n) is 2.52. The van der Waals surface area contributed by atoms with Gasteiger partial charge in [-0.25, -0.2) is 0 Å². The Morgan fingerprint density at radius 3 is 2.75 bits per heavy atom. The summed E-state index contributed by atoms with van der Waals surface area (Å²) in [5.41, 5.74) is 3.25. The van der Waals surface area contributed by atoms with Gasteiger partial charge in [0.15, 0.2) is 0 Å². The van der Waals surface area contributed by atoms with Crippen molar-refractivity contribution in [3.05, 3.63) is 35.2 Å². The highest BCUT2D eigenvalue weighted by Crippen LogP contribution is 2.25. The molecule has 0 aliphatic carbocycles. The van der Waals surface area contributed by atoms with Crippen LogP contribution < -0.4 is 4.90 Å². The Morgan fingerprint density at radius 1 is 1.45 bits per heavy atom. The van der Waals surface area contributed by atoms with Gasteiger partial charge in [0.25, 0.3) is 0 Å². The molecule has 0 saturated heterocycles. The number of nitrogens with zero attached hydrogens (tertiary/aromatic N) is 4. The summed E-state index contributed by atoms with van der Waals surface area (Å²) >= 11 is 3.80. The van der Waals surface area contributed by atoms with Crippen molar-refractivity contribution >= 4 is 50.9 Å². The Hall–Kier alpha value is -0.890. The van der Waals surface area contributed by atoms with Gasteiger partial charge < -0.3 is 4.90 Å². The fourth-order valence-corrected chi connectivity index (χ4v) is 2.36. The zero-order valence-corrected chi connectivity index (χ0v) is 15.1. The lowest BCUT2D eigenvalue weighted by Crippen LogP contribution is -2.14. The predicted molar refractivity (Wildman–Crippen MR) is 98.7 cm³/mol. The molecule has 6 heteroatoms. The number of benzene rings is 1. The van der Waals surface area contributed by atoms with Crippen LogP contribution in [0.3, 0.4) is 0 Å². The van der Waals surface area contributed by atoms with Crippen LogP contribution in [-0.4, -0.2) is 23.8 Å². The second kappa shape index (κ2) is 9.12. The largest absolute Gasteiger partial charge is 0.365 e. The normalized spacial score (nSPS) is 12.6. The van der Waals surface area contributed by atoms with E-state index in [-0.39, 0.29) is 0 Å². The Kier molecular flexibility index (Phi) is 7.83. The number of aliphatic imine (C=N–C) groups is 1. The monoisotopic (exact) mass is 402 g/mol. The Morgan fingerprint density at radius 2 is 2.20 bits per heavy atom. The van der Waals surface area contributed by atoms with E-state index in [1.54, 1.807) is 7.05 Å². The number of alkyl halides is 1. The fourth-order valence-electron chi connectivity index (χ4n) is 1.54. The number of azo groups is 1. The summed E-state index contributed by atoms with van der Waals surface area (Å²) in [7, 11) is 3.79. The molecule has 108 valence electrons. The maximum absolute atomic E-state index is 4.24. The molecule has 0 bridgehead atoms. The number of hydrogen-bond acceptors (Lipinski definition) is 4. The molecule has 0 aliphatic heterocycles. The first kappa shape index (κ1) is 17.2. The molecule has 0 aromatic heterocycles. The molecule has 0 atom stereocenters. The number of allylic oxidation sites excluding steroid dienone is 1. The molecular formula is C14H19IN4S. The van der Waals surface area contributed by atoms with Gasteiger partial charge in [-0.1, -0.05) is 40.4 Å². The molecule has 0 heterocycles. The Labute approximate surface area is 138 Å². The molecule has 0 fully saturated rings. The molecular weight excluding hydrogens is 383 g/mol.